The summed E-state index contributed by atoms with van der Waals surface area (Å²) in [5, 5.41) is 8.77. The van der Waals surface area contributed by atoms with Gasteiger partial charge in [-0.1, -0.05) is 49.2 Å². The molecule has 1 aromatic carbocycles. The molecule has 0 spiro atoms. The predicted octanol–water partition coefficient (Wildman–Crippen LogP) is 3.87. The molecule has 122 valence electrons. The molecule has 1 aliphatic carbocycles. The van der Waals surface area contributed by atoms with E-state index in [-0.39, 0.29) is 18.0 Å². The van der Waals surface area contributed by atoms with Crippen LogP contribution in [0.5, 0.6) is 0 Å². The first kappa shape index (κ1) is 16.2. The molecule has 1 fully saturated rings. The first-order valence-corrected chi connectivity index (χ1v) is 9.27. The third-order valence-electron chi connectivity index (χ3n) is 4.47. The van der Waals surface area contributed by atoms with Crippen LogP contribution in [0.1, 0.15) is 49.1 Å². The van der Waals surface area contributed by atoms with Crippen molar-refractivity contribution in [2.75, 3.05) is 0 Å². The molecule has 1 heterocycles. The molecular formula is C19H24N2OS. The number of thiophene rings is 1. The minimum atomic E-state index is -0.220. The van der Waals surface area contributed by atoms with Gasteiger partial charge in [-0.25, -0.2) is 0 Å². The van der Waals surface area contributed by atoms with E-state index in [4.69, 9.17) is 0 Å². The number of rotatable bonds is 6. The van der Waals surface area contributed by atoms with Gasteiger partial charge in [-0.05, 0) is 36.8 Å². The fourth-order valence-corrected chi connectivity index (χ4v) is 3.98. The first-order chi connectivity index (χ1) is 11.2. The van der Waals surface area contributed by atoms with Crippen molar-refractivity contribution in [3.05, 3.63) is 58.3 Å². The molecule has 0 bridgehead atoms. The largest absolute Gasteiger partial charge is 0.352 e. The van der Waals surface area contributed by atoms with Crippen molar-refractivity contribution in [2.45, 2.75) is 50.7 Å². The maximum atomic E-state index is 12.5. The van der Waals surface area contributed by atoms with E-state index in [0.29, 0.717) is 6.04 Å². The van der Waals surface area contributed by atoms with Crippen molar-refractivity contribution >= 4 is 17.2 Å². The summed E-state index contributed by atoms with van der Waals surface area (Å²) in [7, 11) is 0. The van der Waals surface area contributed by atoms with Crippen LogP contribution < -0.4 is 10.6 Å². The number of carbonyl (C=O) groups is 1. The minimum absolute atomic E-state index is 0.0560. The number of hydrogen-bond donors (Lipinski definition) is 2. The van der Waals surface area contributed by atoms with E-state index in [1.54, 1.807) is 11.3 Å². The molecule has 0 aliphatic heterocycles. The van der Waals surface area contributed by atoms with Crippen LogP contribution in [0.4, 0.5) is 0 Å². The van der Waals surface area contributed by atoms with Gasteiger partial charge in [0.05, 0.1) is 12.1 Å². The quantitative estimate of drug-likeness (QED) is 0.845. The molecule has 2 N–H and O–H groups in total. The molecule has 3 nitrogen and oxygen atoms in total. The summed E-state index contributed by atoms with van der Waals surface area (Å²) in [5.41, 5.74) is 1.19. The SMILES string of the molecule is C[C@H](N[C@H](c1ccccc1)c1cccs1)C(=O)NC1CCCC1. The number of benzene rings is 1. The Hall–Kier alpha value is -1.65. The molecular weight excluding hydrogens is 304 g/mol. The standard InChI is InChI=1S/C19H24N2OS/c1-14(19(22)21-16-10-5-6-11-16)20-18(17-12-7-13-23-17)15-8-3-2-4-9-15/h2-4,7-9,12-14,16,18,20H,5-6,10-11H2,1H3,(H,21,22)/t14-,18+/m0/s1. The van der Waals surface area contributed by atoms with Crippen molar-refractivity contribution in [1.29, 1.82) is 0 Å². The number of amides is 1. The van der Waals surface area contributed by atoms with E-state index in [1.807, 2.05) is 25.1 Å². The van der Waals surface area contributed by atoms with Crippen LogP contribution in [0, 0.1) is 0 Å². The monoisotopic (exact) mass is 328 g/mol. The van der Waals surface area contributed by atoms with Gasteiger partial charge in [0.2, 0.25) is 5.91 Å². The van der Waals surface area contributed by atoms with Gasteiger partial charge in [-0.3, -0.25) is 10.1 Å². The molecule has 4 heteroatoms. The molecule has 1 aromatic heterocycles. The number of carbonyl (C=O) groups excluding carboxylic acids is 1. The topological polar surface area (TPSA) is 41.1 Å². The zero-order chi connectivity index (χ0) is 16.1. The average molecular weight is 328 g/mol. The molecule has 0 unspecified atom stereocenters. The lowest BCUT2D eigenvalue weighted by Gasteiger charge is -2.24. The van der Waals surface area contributed by atoms with Crippen molar-refractivity contribution in [3.8, 4) is 0 Å². The fourth-order valence-electron chi connectivity index (χ4n) is 3.17. The highest BCUT2D eigenvalue weighted by molar-refractivity contribution is 7.10. The van der Waals surface area contributed by atoms with Crippen LogP contribution in [0.3, 0.4) is 0 Å². The molecule has 0 saturated heterocycles. The maximum Gasteiger partial charge on any atom is 0.237 e. The van der Waals surface area contributed by atoms with Gasteiger partial charge in [0.25, 0.3) is 0 Å². The van der Waals surface area contributed by atoms with E-state index in [2.05, 4.69) is 40.3 Å². The van der Waals surface area contributed by atoms with Crippen molar-refractivity contribution in [3.63, 3.8) is 0 Å². The second-order valence-electron chi connectivity index (χ2n) is 6.24. The molecule has 2 atom stereocenters. The number of nitrogens with one attached hydrogen (secondary N) is 2. The van der Waals surface area contributed by atoms with Crippen LogP contribution in [-0.2, 0) is 4.79 Å². The number of hydrogen-bond acceptors (Lipinski definition) is 3. The summed E-state index contributed by atoms with van der Waals surface area (Å²) in [6.07, 6.45) is 4.69. The van der Waals surface area contributed by atoms with Crippen molar-refractivity contribution < 1.29 is 4.79 Å². The smallest absolute Gasteiger partial charge is 0.237 e. The van der Waals surface area contributed by atoms with E-state index in [9.17, 15) is 4.79 Å². The van der Waals surface area contributed by atoms with Gasteiger partial charge in [0, 0.05) is 10.9 Å². The van der Waals surface area contributed by atoms with E-state index in [0.717, 1.165) is 12.8 Å². The summed E-state index contributed by atoms with van der Waals surface area (Å²) in [6.45, 7) is 1.95. The average Bonchev–Trinajstić information content (AvgIpc) is 3.26. The molecule has 1 saturated carbocycles. The Morgan fingerprint density at radius 2 is 1.87 bits per heavy atom. The second-order valence-corrected chi connectivity index (χ2v) is 7.22. The Bertz CT molecular complexity index is 606. The Morgan fingerprint density at radius 1 is 1.13 bits per heavy atom. The van der Waals surface area contributed by atoms with Gasteiger partial charge in [-0.15, -0.1) is 11.3 Å². The minimum Gasteiger partial charge on any atom is -0.352 e. The van der Waals surface area contributed by atoms with Gasteiger partial charge in [-0.2, -0.15) is 0 Å². The van der Waals surface area contributed by atoms with Crippen molar-refractivity contribution in [1.82, 2.24) is 10.6 Å². The fraction of sp³-hybridized carbons (Fsp3) is 0.421. The van der Waals surface area contributed by atoms with E-state index >= 15 is 0 Å². The molecule has 1 amide bonds. The van der Waals surface area contributed by atoms with E-state index < -0.39 is 0 Å². The van der Waals surface area contributed by atoms with Crippen molar-refractivity contribution in [2.24, 2.45) is 0 Å². The highest BCUT2D eigenvalue weighted by atomic mass is 32.1. The van der Waals surface area contributed by atoms with Gasteiger partial charge in [0.15, 0.2) is 0 Å². The maximum absolute atomic E-state index is 12.5. The Morgan fingerprint density at radius 3 is 2.52 bits per heavy atom. The summed E-state index contributed by atoms with van der Waals surface area (Å²) >= 11 is 1.72. The summed E-state index contributed by atoms with van der Waals surface area (Å²) in [4.78, 5) is 13.7. The van der Waals surface area contributed by atoms with Gasteiger partial charge < -0.3 is 5.32 Å². The Labute approximate surface area is 142 Å². The second kappa shape index (κ2) is 7.75. The molecule has 3 rings (SSSR count). The summed E-state index contributed by atoms with van der Waals surface area (Å²) < 4.78 is 0. The molecule has 23 heavy (non-hydrogen) atoms. The highest BCUT2D eigenvalue weighted by Gasteiger charge is 2.24. The lowest BCUT2D eigenvalue weighted by molar-refractivity contribution is -0.123. The summed E-state index contributed by atoms with van der Waals surface area (Å²) in [6, 6.07) is 14.7. The Balaban J connectivity index is 1.69. The normalized spacial score (nSPS) is 17.8. The molecule has 2 aromatic rings. The van der Waals surface area contributed by atoms with Crippen LogP contribution in [0.2, 0.25) is 0 Å². The lowest BCUT2D eigenvalue weighted by Crippen LogP contribution is -2.46. The summed E-state index contributed by atoms with van der Waals surface area (Å²) in [5.74, 6) is 0.106. The van der Waals surface area contributed by atoms with Crippen LogP contribution >= 0.6 is 11.3 Å². The van der Waals surface area contributed by atoms with Crippen LogP contribution in [-0.4, -0.2) is 18.0 Å². The molecule has 0 radical (unpaired) electrons. The lowest BCUT2D eigenvalue weighted by atomic mass is 10.0. The zero-order valence-electron chi connectivity index (χ0n) is 13.5. The highest BCUT2D eigenvalue weighted by Crippen LogP contribution is 2.26. The first-order valence-electron chi connectivity index (χ1n) is 8.39. The predicted molar refractivity (Wildman–Crippen MR) is 95.6 cm³/mol. The van der Waals surface area contributed by atoms with E-state index in [1.165, 1.54) is 23.3 Å². The van der Waals surface area contributed by atoms with Gasteiger partial charge in [0.1, 0.15) is 0 Å². The van der Waals surface area contributed by atoms with Gasteiger partial charge >= 0.3 is 0 Å². The Kier molecular flexibility index (Phi) is 5.47. The molecule has 1 aliphatic rings. The van der Waals surface area contributed by atoms with Crippen LogP contribution in [0.15, 0.2) is 47.8 Å². The van der Waals surface area contributed by atoms with Crippen LogP contribution in [0.25, 0.3) is 0 Å². The zero-order valence-corrected chi connectivity index (χ0v) is 14.3. The third kappa shape index (κ3) is 4.21. The third-order valence-corrected chi connectivity index (χ3v) is 5.41.